The van der Waals surface area contributed by atoms with Crippen molar-refractivity contribution in [3.8, 4) is 0 Å². The van der Waals surface area contributed by atoms with Gasteiger partial charge < -0.3 is 5.32 Å². The van der Waals surface area contributed by atoms with Crippen molar-refractivity contribution in [2.75, 3.05) is 5.32 Å². The van der Waals surface area contributed by atoms with Crippen molar-refractivity contribution in [2.24, 2.45) is 0 Å². The van der Waals surface area contributed by atoms with Gasteiger partial charge in [-0.1, -0.05) is 23.7 Å². The fourth-order valence-electron chi connectivity index (χ4n) is 1.73. The molecule has 0 spiro atoms. The van der Waals surface area contributed by atoms with E-state index in [1.165, 1.54) is 18.2 Å². The highest BCUT2D eigenvalue weighted by Gasteiger charge is 2.16. The van der Waals surface area contributed by atoms with Crippen molar-refractivity contribution in [1.82, 2.24) is 0 Å². The number of hydrogen-bond acceptors (Lipinski definition) is 3. The number of benzene rings is 2. The van der Waals surface area contributed by atoms with Crippen molar-refractivity contribution in [3.05, 3.63) is 68.5 Å². The van der Waals surface area contributed by atoms with Gasteiger partial charge in [0, 0.05) is 12.1 Å². The van der Waals surface area contributed by atoms with Crippen LogP contribution < -0.4 is 5.32 Å². The lowest BCUT2D eigenvalue weighted by atomic mass is 10.1. The number of carbonyl (C=O) groups is 1. The van der Waals surface area contributed by atoms with Gasteiger partial charge in [0.15, 0.2) is 0 Å². The number of halogens is 2. The number of nitrogens with zero attached hydrogens (tertiary/aromatic N) is 1. The Morgan fingerprint density at radius 3 is 2.67 bits per heavy atom. The van der Waals surface area contributed by atoms with Gasteiger partial charge in [-0.15, -0.1) is 0 Å². The summed E-state index contributed by atoms with van der Waals surface area (Å²) in [5.74, 6) is -1.29. The molecule has 0 heterocycles. The van der Waals surface area contributed by atoms with E-state index in [1.807, 2.05) is 0 Å². The van der Waals surface area contributed by atoms with Gasteiger partial charge in [-0.05, 0) is 24.6 Å². The highest BCUT2D eigenvalue weighted by atomic mass is 35.5. The Labute approximate surface area is 124 Å². The van der Waals surface area contributed by atoms with Crippen LogP contribution in [0.2, 0.25) is 5.02 Å². The molecule has 21 heavy (non-hydrogen) atoms. The Kier molecular flexibility index (Phi) is 4.18. The van der Waals surface area contributed by atoms with Crippen molar-refractivity contribution in [3.63, 3.8) is 0 Å². The van der Waals surface area contributed by atoms with E-state index in [4.69, 9.17) is 11.6 Å². The molecule has 2 rings (SSSR count). The zero-order chi connectivity index (χ0) is 15.6. The van der Waals surface area contributed by atoms with E-state index in [2.05, 4.69) is 5.32 Å². The van der Waals surface area contributed by atoms with Crippen molar-refractivity contribution >= 4 is 28.9 Å². The van der Waals surface area contributed by atoms with Crippen LogP contribution in [0.5, 0.6) is 0 Å². The Bertz CT molecular complexity index is 734. The Morgan fingerprint density at radius 1 is 1.33 bits per heavy atom. The molecule has 0 aliphatic carbocycles. The third-order valence-electron chi connectivity index (χ3n) is 2.85. The number of nitro groups is 1. The van der Waals surface area contributed by atoms with Gasteiger partial charge >= 0.3 is 0 Å². The maximum Gasteiger partial charge on any atom is 0.271 e. The summed E-state index contributed by atoms with van der Waals surface area (Å²) in [4.78, 5) is 22.0. The van der Waals surface area contributed by atoms with Gasteiger partial charge in [-0.3, -0.25) is 14.9 Å². The average Bonchev–Trinajstić information content (AvgIpc) is 2.43. The van der Waals surface area contributed by atoms with Crippen molar-refractivity contribution in [2.45, 2.75) is 6.92 Å². The maximum atomic E-state index is 13.8. The second kappa shape index (κ2) is 5.88. The van der Waals surface area contributed by atoms with E-state index in [0.29, 0.717) is 5.56 Å². The van der Waals surface area contributed by atoms with E-state index in [1.54, 1.807) is 19.1 Å². The van der Waals surface area contributed by atoms with Crippen molar-refractivity contribution in [1.29, 1.82) is 0 Å². The summed E-state index contributed by atoms with van der Waals surface area (Å²) in [5, 5.41) is 13.0. The second-order valence-electron chi connectivity index (χ2n) is 4.31. The van der Waals surface area contributed by atoms with Crippen LogP contribution in [-0.2, 0) is 0 Å². The Balaban J connectivity index is 2.28. The number of aryl methyl sites for hydroxylation is 1. The largest absolute Gasteiger partial charge is 0.321 e. The molecule has 0 radical (unpaired) electrons. The van der Waals surface area contributed by atoms with Crippen molar-refractivity contribution < 1.29 is 14.1 Å². The van der Waals surface area contributed by atoms with Gasteiger partial charge in [0.05, 0.1) is 21.2 Å². The minimum atomic E-state index is -0.674. The molecule has 0 aliphatic rings. The first-order valence-electron chi connectivity index (χ1n) is 5.90. The second-order valence-corrected chi connectivity index (χ2v) is 4.72. The van der Waals surface area contributed by atoms with Crippen LogP contribution in [0.15, 0.2) is 36.4 Å². The molecule has 108 valence electrons. The quantitative estimate of drug-likeness (QED) is 0.689. The molecule has 7 heteroatoms. The Morgan fingerprint density at radius 2 is 2.05 bits per heavy atom. The molecule has 0 aliphatic heterocycles. The predicted molar refractivity (Wildman–Crippen MR) is 77.2 cm³/mol. The first-order chi connectivity index (χ1) is 9.90. The average molecular weight is 309 g/mol. The number of hydrogen-bond donors (Lipinski definition) is 1. The summed E-state index contributed by atoms with van der Waals surface area (Å²) in [5.41, 5.74) is 0.203. The zero-order valence-electron chi connectivity index (χ0n) is 10.9. The van der Waals surface area contributed by atoms with Gasteiger partial charge in [0.1, 0.15) is 5.82 Å². The number of carbonyl (C=O) groups excluding carboxylic acids is 1. The first kappa shape index (κ1) is 14.9. The Hall–Kier alpha value is -2.47. The van der Waals surface area contributed by atoms with Gasteiger partial charge in [0.2, 0.25) is 0 Å². The topological polar surface area (TPSA) is 72.2 Å². The first-order valence-corrected chi connectivity index (χ1v) is 6.28. The van der Waals surface area contributed by atoms with Crippen LogP contribution in [-0.4, -0.2) is 10.8 Å². The molecule has 0 fully saturated rings. The number of nitro benzene ring substituents is 1. The zero-order valence-corrected chi connectivity index (χ0v) is 11.6. The van der Waals surface area contributed by atoms with Gasteiger partial charge in [0.25, 0.3) is 11.6 Å². The summed E-state index contributed by atoms with van der Waals surface area (Å²) in [6.45, 7) is 1.55. The highest BCUT2D eigenvalue weighted by Crippen LogP contribution is 2.27. The molecule has 2 aromatic rings. The smallest absolute Gasteiger partial charge is 0.271 e. The number of non-ortho nitro benzene ring substituents is 1. The third-order valence-corrected chi connectivity index (χ3v) is 3.16. The lowest BCUT2D eigenvalue weighted by Crippen LogP contribution is -2.14. The van der Waals surface area contributed by atoms with Gasteiger partial charge in [-0.25, -0.2) is 4.39 Å². The molecule has 0 saturated heterocycles. The van der Waals surface area contributed by atoms with Crippen LogP contribution in [0.1, 0.15) is 15.9 Å². The monoisotopic (exact) mass is 308 g/mol. The molecule has 1 amide bonds. The number of rotatable bonds is 3. The van der Waals surface area contributed by atoms with E-state index < -0.39 is 16.6 Å². The summed E-state index contributed by atoms with van der Waals surface area (Å²) < 4.78 is 13.8. The van der Waals surface area contributed by atoms with E-state index in [0.717, 1.165) is 6.07 Å². The van der Waals surface area contributed by atoms with E-state index in [9.17, 15) is 19.3 Å². The standard InChI is InChI=1S/C14H10ClFN2O3/c1-8-3-2-4-10(13(8)16)14(19)17-12-6-5-9(18(20)21)7-11(12)15/h2-7H,1H3,(H,17,19). The molecule has 0 aromatic heterocycles. The highest BCUT2D eigenvalue weighted by molar-refractivity contribution is 6.34. The number of nitrogens with one attached hydrogen (secondary N) is 1. The predicted octanol–water partition coefficient (Wildman–Crippen LogP) is 3.95. The van der Waals surface area contributed by atoms with Gasteiger partial charge in [-0.2, -0.15) is 0 Å². The maximum absolute atomic E-state index is 13.8. The molecule has 0 atom stereocenters. The van der Waals surface area contributed by atoms with Crippen LogP contribution in [0, 0.1) is 22.9 Å². The molecule has 5 nitrogen and oxygen atoms in total. The minimum absolute atomic E-state index is 0.00520. The SMILES string of the molecule is Cc1cccc(C(=O)Nc2ccc([N+](=O)[O-])cc2Cl)c1F. The minimum Gasteiger partial charge on any atom is -0.321 e. The van der Waals surface area contributed by atoms with Crippen LogP contribution >= 0.6 is 11.6 Å². The van der Waals surface area contributed by atoms with Crippen LogP contribution in [0.3, 0.4) is 0 Å². The summed E-state index contributed by atoms with van der Waals surface area (Å²) >= 11 is 5.86. The van der Waals surface area contributed by atoms with E-state index >= 15 is 0 Å². The van der Waals surface area contributed by atoms with Crippen LogP contribution in [0.4, 0.5) is 15.8 Å². The van der Waals surface area contributed by atoms with Crippen LogP contribution in [0.25, 0.3) is 0 Å². The normalized spacial score (nSPS) is 10.2. The number of anilines is 1. The lowest BCUT2D eigenvalue weighted by Gasteiger charge is -2.08. The summed E-state index contributed by atoms with van der Waals surface area (Å²) in [6, 6.07) is 8.07. The fourth-order valence-corrected chi connectivity index (χ4v) is 1.95. The molecular weight excluding hydrogens is 299 g/mol. The third kappa shape index (κ3) is 3.17. The number of amides is 1. The lowest BCUT2D eigenvalue weighted by molar-refractivity contribution is -0.384. The molecule has 0 unspecified atom stereocenters. The summed E-state index contributed by atoms with van der Waals surface area (Å²) in [7, 11) is 0. The molecule has 1 N–H and O–H groups in total. The fraction of sp³-hybridized carbons (Fsp3) is 0.0714. The molecule has 0 bridgehead atoms. The molecule has 0 saturated carbocycles. The van der Waals surface area contributed by atoms with E-state index in [-0.39, 0.29) is 22.0 Å². The molecule has 2 aromatic carbocycles. The summed E-state index contributed by atoms with van der Waals surface area (Å²) in [6.07, 6.45) is 0. The molecular formula is C14H10ClFN2O3.